The predicted molar refractivity (Wildman–Crippen MR) is 85.5 cm³/mol. The summed E-state index contributed by atoms with van der Waals surface area (Å²) in [6.07, 6.45) is 3.55. The molecular formula is C17H22N2O3. The molecule has 0 fully saturated rings. The molecule has 2 rings (SSSR count). The molecule has 1 aromatic carbocycles. The van der Waals surface area contributed by atoms with E-state index >= 15 is 0 Å². The van der Waals surface area contributed by atoms with Crippen molar-refractivity contribution in [2.75, 3.05) is 0 Å². The number of fused-ring (bicyclic) bond motifs is 1. The maximum atomic E-state index is 12.1. The number of carbonyl (C=O) groups is 1. The number of para-hydroxylation sites is 1. The molecule has 5 nitrogen and oxygen atoms in total. The molecule has 0 atom stereocenters. The van der Waals surface area contributed by atoms with Gasteiger partial charge in [-0.15, -0.1) is 0 Å². The van der Waals surface area contributed by atoms with E-state index in [1.807, 2.05) is 6.07 Å². The van der Waals surface area contributed by atoms with Gasteiger partial charge in [-0.2, -0.15) is 0 Å². The SMILES string of the molecule is CCCC(CCC)C(=O)OCc1nc2ccccc2c(=O)[nH]1. The minimum absolute atomic E-state index is 0.00281. The number of carbonyl (C=O) groups excluding carboxylic acids is 1. The van der Waals surface area contributed by atoms with Crippen LogP contribution in [0.1, 0.15) is 45.4 Å². The summed E-state index contributed by atoms with van der Waals surface area (Å²) in [4.78, 5) is 31.0. The fourth-order valence-electron chi connectivity index (χ4n) is 2.54. The maximum Gasteiger partial charge on any atom is 0.309 e. The minimum atomic E-state index is -0.213. The number of esters is 1. The molecule has 0 aliphatic heterocycles. The molecular weight excluding hydrogens is 280 g/mol. The Hall–Kier alpha value is -2.17. The normalized spacial score (nSPS) is 11.0. The molecule has 0 unspecified atom stereocenters. The highest BCUT2D eigenvalue weighted by Gasteiger charge is 2.18. The fraction of sp³-hybridized carbons (Fsp3) is 0.471. The summed E-state index contributed by atoms with van der Waals surface area (Å²) < 4.78 is 5.33. The lowest BCUT2D eigenvalue weighted by Gasteiger charge is -2.14. The number of aromatic amines is 1. The lowest BCUT2D eigenvalue weighted by molar-refractivity contribution is -0.150. The molecule has 5 heteroatoms. The van der Waals surface area contributed by atoms with Crippen LogP contribution < -0.4 is 5.56 Å². The molecule has 0 aliphatic rings. The molecule has 2 aromatic rings. The number of H-pyrrole nitrogens is 1. The third-order valence-electron chi connectivity index (χ3n) is 3.62. The van der Waals surface area contributed by atoms with E-state index in [4.69, 9.17) is 4.74 Å². The van der Waals surface area contributed by atoms with Gasteiger partial charge in [-0.1, -0.05) is 38.8 Å². The van der Waals surface area contributed by atoms with Gasteiger partial charge in [0.15, 0.2) is 0 Å². The zero-order valence-electron chi connectivity index (χ0n) is 13.1. The number of aromatic nitrogens is 2. The molecule has 1 N–H and O–H groups in total. The van der Waals surface area contributed by atoms with Crippen molar-refractivity contribution in [1.29, 1.82) is 0 Å². The van der Waals surface area contributed by atoms with Crippen LogP contribution in [0.3, 0.4) is 0 Å². The van der Waals surface area contributed by atoms with Crippen molar-refractivity contribution < 1.29 is 9.53 Å². The monoisotopic (exact) mass is 302 g/mol. The first kappa shape index (κ1) is 16.2. The summed E-state index contributed by atoms with van der Waals surface area (Å²) in [5.74, 6) is 0.102. The van der Waals surface area contributed by atoms with Crippen molar-refractivity contribution in [3.8, 4) is 0 Å². The number of hydrogen-bond donors (Lipinski definition) is 1. The first-order valence-corrected chi connectivity index (χ1v) is 7.80. The summed E-state index contributed by atoms with van der Waals surface area (Å²) in [6, 6.07) is 7.10. The van der Waals surface area contributed by atoms with Crippen LogP contribution in [-0.2, 0) is 16.1 Å². The van der Waals surface area contributed by atoms with Crippen LogP contribution in [0.25, 0.3) is 10.9 Å². The summed E-state index contributed by atoms with van der Waals surface area (Å²) >= 11 is 0. The Morgan fingerprint density at radius 1 is 1.23 bits per heavy atom. The quantitative estimate of drug-likeness (QED) is 0.797. The largest absolute Gasteiger partial charge is 0.457 e. The van der Waals surface area contributed by atoms with Gasteiger partial charge in [-0.05, 0) is 25.0 Å². The number of hydrogen-bond acceptors (Lipinski definition) is 4. The van der Waals surface area contributed by atoms with Crippen molar-refractivity contribution >= 4 is 16.9 Å². The van der Waals surface area contributed by atoms with Gasteiger partial charge in [0.1, 0.15) is 12.4 Å². The number of nitrogens with one attached hydrogen (secondary N) is 1. The van der Waals surface area contributed by atoms with Crippen molar-refractivity contribution in [3.05, 3.63) is 40.4 Å². The Kier molecular flexibility index (Phi) is 5.69. The molecule has 1 aromatic heterocycles. The zero-order valence-corrected chi connectivity index (χ0v) is 13.1. The second kappa shape index (κ2) is 7.73. The lowest BCUT2D eigenvalue weighted by Crippen LogP contribution is -2.19. The molecule has 0 spiro atoms. The lowest BCUT2D eigenvalue weighted by atomic mass is 9.99. The standard InChI is InChI=1S/C17H22N2O3/c1-3-7-12(8-4-2)17(21)22-11-15-18-14-10-6-5-9-13(14)16(20)19-15/h5-6,9-10,12H,3-4,7-8,11H2,1-2H3,(H,18,19,20). The smallest absolute Gasteiger partial charge is 0.309 e. The van der Waals surface area contributed by atoms with Crippen molar-refractivity contribution in [3.63, 3.8) is 0 Å². The first-order chi connectivity index (χ1) is 10.7. The second-order valence-electron chi connectivity index (χ2n) is 5.41. The van der Waals surface area contributed by atoms with E-state index < -0.39 is 0 Å². The van der Waals surface area contributed by atoms with Gasteiger partial charge in [-0.25, -0.2) is 4.98 Å². The van der Waals surface area contributed by atoms with E-state index in [0.717, 1.165) is 25.7 Å². The van der Waals surface area contributed by atoms with Crippen LogP contribution in [0.4, 0.5) is 0 Å². The summed E-state index contributed by atoms with van der Waals surface area (Å²) in [5, 5.41) is 0.535. The highest BCUT2D eigenvalue weighted by Crippen LogP contribution is 2.16. The molecule has 22 heavy (non-hydrogen) atoms. The number of nitrogens with zero attached hydrogens (tertiary/aromatic N) is 1. The van der Waals surface area contributed by atoms with E-state index in [-0.39, 0.29) is 24.1 Å². The number of benzene rings is 1. The van der Waals surface area contributed by atoms with Crippen LogP contribution in [0.15, 0.2) is 29.1 Å². The number of ether oxygens (including phenoxy) is 1. The molecule has 0 radical (unpaired) electrons. The molecule has 0 bridgehead atoms. The highest BCUT2D eigenvalue weighted by molar-refractivity contribution is 5.77. The van der Waals surface area contributed by atoms with Gasteiger partial charge in [0, 0.05) is 0 Å². The van der Waals surface area contributed by atoms with Crippen molar-refractivity contribution in [2.45, 2.75) is 46.1 Å². The summed E-state index contributed by atoms with van der Waals surface area (Å²) in [6.45, 7) is 4.11. The number of rotatable bonds is 7. The van der Waals surface area contributed by atoms with Crippen LogP contribution in [0.5, 0.6) is 0 Å². The summed E-state index contributed by atoms with van der Waals surface area (Å²) in [7, 11) is 0. The Morgan fingerprint density at radius 3 is 2.59 bits per heavy atom. The van der Waals surface area contributed by atoms with Gasteiger partial charge in [-0.3, -0.25) is 9.59 Å². The fourth-order valence-corrected chi connectivity index (χ4v) is 2.54. The van der Waals surface area contributed by atoms with Gasteiger partial charge in [0.05, 0.1) is 16.8 Å². The summed E-state index contributed by atoms with van der Waals surface area (Å²) in [5.41, 5.74) is 0.395. The van der Waals surface area contributed by atoms with E-state index in [1.165, 1.54) is 0 Å². The Labute approximate surface area is 129 Å². The van der Waals surface area contributed by atoms with E-state index in [1.54, 1.807) is 18.2 Å². The van der Waals surface area contributed by atoms with Crippen LogP contribution in [0, 0.1) is 5.92 Å². The molecule has 1 heterocycles. The van der Waals surface area contributed by atoms with E-state index in [9.17, 15) is 9.59 Å². The average Bonchev–Trinajstić information content (AvgIpc) is 2.52. The zero-order chi connectivity index (χ0) is 15.9. The Morgan fingerprint density at radius 2 is 1.91 bits per heavy atom. The molecule has 0 saturated heterocycles. The topological polar surface area (TPSA) is 72.0 Å². The van der Waals surface area contributed by atoms with Crippen LogP contribution >= 0.6 is 0 Å². The highest BCUT2D eigenvalue weighted by atomic mass is 16.5. The molecule has 0 saturated carbocycles. The third-order valence-corrected chi connectivity index (χ3v) is 3.62. The van der Waals surface area contributed by atoms with Crippen molar-refractivity contribution in [1.82, 2.24) is 9.97 Å². The van der Waals surface area contributed by atoms with Gasteiger partial charge in [0.2, 0.25) is 0 Å². The van der Waals surface area contributed by atoms with Gasteiger partial charge >= 0.3 is 5.97 Å². The van der Waals surface area contributed by atoms with Crippen molar-refractivity contribution in [2.24, 2.45) is 5.92 Å². The van der Waals surface area contributed by atoms with Gasteiger partial charge in [0.25, 0.3) is 5.56 Å². The second-order valence-corrected chi connectivity index (χ2v) is 5.41. The first-order valence-electron chi connectivity index (χ1n) is 7.80. The Bertz CT molecular complexity index is 688. The third kappa shape index (κ3) is 3.93. The molecule has 0 aliphatic carbocycles. The molecule has 118 valence electrons. The van der Waals surface area contributed by atoms with Gasteiger partial charge < -0.3 is 9.72 Å². The Balaban J connectivity index is 2.08. The minimum Gasteiger partial charge on any atom is -0.457 e. The van der Waals surface area contributed by atoms with Crippen LogP contribution in [-0.4, -0.2) is 15.9 Å². The van der Waals surface area contributed by atoms with Crippen LogP contribution in [0.2, 0.25) is 0 Å². The molecule has 0 amide bonds. The predicted octanol–water partition coefficient (Wildman–Crippen LogP) is 3.18. The average molecular weight is 302 g/mol. The van der Waals surface area contributed by atoms with E-state index in [2.05, 4.69) is 23.8 Å². The van der Waals surface area contributed by atoms with E-state index in [0.29, 0.717) is 16.7 Å². The maximum absolute atomic E-state index is 12.1.